The van der Waals surface area contributed by atoms with E-state index in [-0.39, 0.29) is 12.2 Å². The summed E-state index contributed by atoms with van der Waals surface area (Å²) in [7, 11) is 0. The molecule has 84 valence electrons. The van der Waals surface area contributed by atoms with Crippen molar-refractivity contribution in [3.63, 3.8) is 0 Å². The van der Waals surface area contributed by atoms with Crippen molar-refractivity contribution in [1.82, 2.24) is 4.90 Å². The van der Waals surface area contributed by atoms with Crippen molar-refractivity contribution < 1.29 is 14.6 Å². The van der Waals surface area contributed by atoms with Crippen LogP contribution in [0, 0.1) is 0 Å². The summed E-state index contributed by atoms with van der Waals surface area (Å²) >= 11 is 0. The molecular weight excluding hydrogens is 182 g/mol. The van der Waals surface area contributed by atoms with E-state index in [1.165, 1.54) is 0 Å². The summed E-state index contributed by atoms with van der Waals surface area (Å²) in [5.41, 5.74) is 0. The van der Waals surface area contributed by atoms with Gasteiger partial charge in [0.1, 0.15) is 0 Å². The Labute approximate surface area is 85.8 Å². The Morgan fingerprint density at radius 2 is 2.00 bits per heavy atom. The van der Waals surface area contributed by atoms with Crippen LogP contribution in [0.5, 0.6) is 0 Å². The number of hydrogen-bond donors (Lipinski definition) is 1. The summed E-state index contributed by atoms with van der Waals surface area (Å²) < 4.78 is 10.7. The Morgan fingerprint density at radius 1 is 1.36 bits per heavy atom. The number of aliphatic hydroxyl groups excluding tert-OH is 1. The molecule has 4 nitrogen and oxygen atoms in total. The zero-order chi connectivity index (χ0) is 10.4. The van der Waals surface area contributed by atoms with E-state index in [4.69, 9.17) is 14.6 Å². The molecule has 4 heteroatoms. The molecule has 1 saturated heterocycles. The van der Waals surface area contributed by atoms with Crippen LogP contribution < -0.4 is 0 Å². The number of morpholine rings is 1. The van der Waals surface area contributed by atoms with Crippen LogP contribution in [-0.2, 0) is 9.47 Å². The van der Waals surface area contributed by atoms with Crippen LogP contribution in [0.4, 0.5) is 0 Å². The summed E-state index contributed by atoms with van der Waals surface area (Å²) in [5.74, 6) is 0. The zero-order valence-corrected chi connectivity index (χ0v) is 9.11. The van der Waals surface area contributed by atoms with E-state index in [2.05, 4.69) is 4.90 Å². The lowest BCUT2D eigenvalue weighted by Gasteiger charge is -2.29. The monoisotopic (exact) mass is 203 g/mol. The normalized spacial score (nSPS) is 23.4. The van der Waals surface area contributed by atoms with Gasteiger partial charge >= 0.3 is 0 Å². The summed E-state index contributed by atoms with van der Waals surface area (Å²) in [4.78, 5) is 2.33. The molecule has 0 bridgehead atoms. The highest BCUT2D eigenvalue weighted by atomic mass is 16.5. The molecule has 0 amide bonds. The molecule has 1 aliphatic heterocycles. The summed E-state index contributed by atoms with van der Waals surface area (Å²) in [5, 5.41) is 9.05. The average Bonchev–Trinajstić information content (AvgIpc) is 2.16. The van der Waals surface area contributed by atoms with Gasteiger partial charge in [0.05, 0.1) is 32.0 Å². The van der Waals surface area contributed by atoms with Crippen molar-refractivity contribution in [1.29, 1.82) is 0 Å². The SMILES string of the molecule is CC(O)COC(C)CN1CCOCC1. The van der Waals surface area contributed by atoms with E-state index < -0.39 is 0 Å². The first-order valence-corrected chi connectivity index (χ1v) is 5.28. The summed E-state index contributed by atoms with van der Waals surface area (Å²) in [6.07, 6.45) is -0.190. The van der Waals surface area contributed by atoms with Crippen LogP contribution in [0.2, 0.25) is 0 Å². The first-order chi connectivity index (χ1) is 6.68. The van der Waals surface area contributed by atoms with E-state index in [1.807, 2.05) is 6.92 Å². The van der Waals surface area contributed by atoms with Gasteiger partial charge in [0, 0.05) is 19.6 Å². The molecule has 0 radical (unpaired) electrons. The maximum absolute atomic E-state index is 9.05. The minimum Gasteiger partial charge on any atom is -0.391 e. The van der Waals surface area contributed by atoms with E-state index in [1.54, 1.807) is 6.92 Å². The van der Waals surface area contributed by atoms with Gasteiger partial charge in [-0.25, -0.2) is 0 Å². The quantitative estimate of drug-likeness (QED) is 0.688. The van der Waals surface area contributed by atoms with Crippen LogP contribution in [0.1, 0.15) is 13.8 Å². The highest BCUT2D eigenvalue weighted by Gasteiger charge is 2.14. The molecule has 0 aliphatic carbocycles. The zero-order valence-electron chi connectivity index (χ0n) is 9.11. The van der Waals surface area contributed by atoms with Crippen molar-refractivity contribution >= 4 is 0 Å². The van der Waals surface area contributed by atoms with Crippen LogP contribution in [0.15, 0.2) is 0 Å². The van der Waals surface area contributed by atoms with Gasteiger partial charge in [-0.15, -0.1) is 0 Å². The van der Waals surface area contributed by atoms with E-state index in [9.17, 15) is 0 Å². The molecule has 0 aromatic carbocycles. The maximum atomic E-state index is 9.05. The second kappa shape index (κ2) is 6.35. The molecule has 1 fully saturated rings. The minimum atomic E-state index is -0.373. The molecule has 0 aromatic heterocycles. The van der Waals surface area contributed by atoms with Crippen molar-refractivity contribution in [2.24, 2.45) is 0 Å². The number of hydrogen-bond acceptors (Lipinski definition) is 4. The molecule has 2 unspecified atom stereocenters. The van der Waals surface area contributed by atoms with E-state index in [0.29, 0.717) is 6.61 Å². The molecule has 1 aliphatic rings. The van der Waals surface area contributed by atoms with Gasteiger partial charge in [-0.3, -0.25) is 4.90 Å². The predicted octanol–water partition coefficient (Wildman–Crippen LogP) is 0.104. The van der Waals surface area contributed by atoms with Crippen LogP contribution in [-0.4, -0.2) is 61.7 Å². The first kappa shape index (κ1) is 11.9. The van der Waals surface area contributed by atoms with Crippen molar-refractivity contribution in [2.45, 2.75) is 26.1 Å². The molecule has 0 saturated carbocycles. The molecule has 0 aromatic rings. The number of aliphatic hydroxyl groups is 1. The maximum Gasteiger partial charge on any atom is 0.0745 e. The second-order valence-electron chi connectivity index (χ2n) is 3.91. The number of rotatable bonds is 5. The third-order valence-electron chi connectivity index (χ3n) is 2.24. The lowest BCUT2D eigenvalue weighted by molar-refractivity contribution is -0.0286. The first-order valence-electron chi connectivity index (χ1n) is 5.28. The van der Waals surface area contributed by atoms with E-state index in [0.717, 1.165) is 32.8 Å². The molecule has 1 N–H and O–H groups in total. The lowest BCUT2D eigenvalue weighted by atomic mass is 10.3. The van der Waals surface area contributed by atoms with Gasteiger partial charge in [-0.2, -0.15) is 0 Å². The predicted molar refractivity (Wildman–Crippen MR) is 54.4 cm³/mol. The fraction of sp³-hybridized carbons (Fsp3) is 1.00. The Hall–Kier alpha value is -0.160. The minimum absolute atomic E-state index is 0.183. The Bertz CT molecular complexity index is 146. The van der Waals surface area contributed by atoms with Crippen LogP contribution in [0.25, 0.3) is 0 Å². The molecule has 0 spiro atoms. The van der Waals surface area contributed by atoms with Crippen LogP contribution in [0.3, 0.4) is 0 Å². The van der Waals surface area contributed by atoms with E-state index >= 15 is 0 Å². The Morgan fingerprint density at radius 3 is 2.57 bits per heavy atom. The molecule has 14 heavy (non-hydrogen) atoms. The van der Waals surface area contributed by atoms with Gasteiger partial charge in [-0.05, 0) is 13.8 Å². The largest absolute Gasteiger partial charge is 0.391 e. The smallest absolute Gasteiger partial charge is 0.0745 e. The second-order valence-corrected chi connectivity index (χ2v) is 3.91. The number of nitrogens with zero attached hydrogens (tertiary/aromatic N) is 1. The van der Waals surface area contributed by atoms with Gasteiger partial charge in [0.25, 0.3) is 0 Å². The van der Waals surface area contributed by atoms with Crippen molar-refractivity contribution in [3.05, 3.63) is 0 Å². The summed E-state index contributed by atoms with van der Waals surface area (Å²) in [6.45, 7) is 8.75. The van der Waals surface area contributed by atoms with Gasteiger partial charge < -0.3 is 14.6 Å². The molecule has 1 heterocycles. The number of ether oxygens (including phenoxy) is 2. The van der Waals surface area contributed by atoms with Crippen molar-refractivity contribution in [2.75, 3.05) is 39.5 Å². The average molecular weight is 203 g/mol. The molecular formula is C10H21NO3. The highest BCUT2D eigenvalue weighted by molar-refractivity contribution is 4.65. The highest BCUT2D eigenvalue weighted by Crippen LogP contribution is 2.01. The third-order valence-corrected chi connectivity index (χ3v) is 2.24. The van der Waals surface area contributed by atoms with Crippen molar-refractivity contribution in [3.8, 4) is 0 Å². The Balaban J connectivity index is 2.09. The lowest BCUT2D eigenvalue weighted by Crippen LogP contribution is -2.41. The molecule has 1 rings (SSSR count). The fourth-order valence-electron chi connectivity index (χ4n) is 1.50. The third kappa shape index (κ3) is 4.91. The molecule has 2 atom stereocenters. The standard InChI is InChI=1S/C10H21NO3/c1-9(12)8-14-10(2)7-11-3-5-13-6-4-11/h9-10,12H,3-8H2,1-2H3. The van der Waals surface area contributed by atoms with Gasteiger partial charge in [-0.1, -0.05) is 0 Å². The van der Waals surface area contributed by atoms with Gasteiger partial charge in [0.15, 0.2) is 0 Å². The fourth-order valence-corrected chi connectivity index (χ4v) is 1.50. The van der Waals surface area contributed by atoms with Crippen LogP contribution >= 0.6 is 0 Å². The van der Waals surface area contributed by atoms with Gasteiger partial charge in [0.2, 0.25) is 0 Å². The summed E-state index contributed by atoms with van der Waals surface area (Å²) in [6, 6.07) is 0. The topological polar surface area (TPSA) is 41.9 Å². The Kier molecular flexibility index (Phi) is 5.40.